The first kappa shape index (κ1) is 28.7. The number of nitrogens with zero attached hydrogens (tertiary/aromatic N) is 4. The van der Waals surface area contributed by atoms with Crippen LogP contribution in [-0.2, 0) is 0 Å². The molecule has 5 aromatic rings. The van der Waals surface area contributed by atoms with E-state index < -0.39 is 0 Å². The largest absolute Gasteiger partial charge is 0.424 e. The number of aromatic nitrogens is 3. The van der Waals surface area contributed by atoms with E-state index >= 15 is 0 Å². The van der Waals surface area contributed by atoms with Crippen LogP contribution in [-0.4, -0.2) is 39.9 Å². The zero-order valence-electron chi connectivity index (χ0n) is 23.7. The second-order valence-electron chi connectivity index (χ2n) is 9.18. The monoisotopic (exact) mass is 574 g/mol. The first-order chi connectivity index (χ1) is 21.0. The molecule has 2 amide bonds. The second-order valence-corrected chi connectivity index (χ2v) is 9.18. The summed E-state index contributed by atoms with van der Waals surface area (Å²) in [6, 6.07) is 32.6. The predicted molar refractivity (Wildman–Crippen MR) is 164 cm³/mol. The number of benzene rings is 4. The van der Waals surface area contributed by atoms with E-state index in [1.54, 1.807) is 48.5 Å². The van der Waals surface area contributed by atoms with Crippen molar-refractivity contribution in [3.63, 3.8) is 0 Å². The van der Waals surface area contributed by atoms with E-state index in [9.17, 15) is 9.59 Å². The molecule has 43 heavy (non-hydrogen) atoms. The smallest absolute Gasteiger partial charge is 0.330 e. The Balaban J connectivity index is 1.52. The molecule has 0 aliphatic rings. The number of anilines is 3. The van der Waals surface area contributed by atoms with Crippen molar-refractivity contribution in [3.05, 3.63) is 120 Å². The number of rotatable bonds is 11. The summed E-state index contributed by atoms with van der Waals surface area (Å²) in [6.45, 7) is 4.78. The third-order valence-electron chi connectivity index (χ3n) is 6.14. The molecule has 5 rings (SSSR count). The Labute approximate surface area is 249 Å². The van der Waals surface area contributed by atoms with Crippen LogP contribution < -0.4 is 25.0 Å². The van der Waals surface area contributed by atoms with Gasteiger partial charge in [0.25, 0.3) is 11.8 Å². The van der Waals surface area contributed by atoms with Crippen molar-refractivity contribution in [1.29, 1.82) is 0 Å². The van der Waals surface area contributed by atoms with Crippen molar-refractivity contribution < 1.29 is 19.1 Å². The van der Waals surface area contributed by atoms with E-state index in [1.807, 2.05) is 79.4 Å². The summed E-state index contributed by atoms with van der Waals surface area (Å²) < 4.78 is 12.1. The summed E-state index contributed by atoms with van der Waals surface area (Å²) >= 11 is 0. The lowest BCUT2D eigenvalue weighted by Crippen LogP contribution is -2.22. The minimum atomic E-state index is -0.174. The van der Waals surface area contributed by atoms with Crippen molar-refractivity contribution >= 4 is 29.1 Å². The van der Waals surface area contributed by atoms with Crippen LogP contribution in [0, 0.1) is 0 Å². The molecule has 0 fully saturated rings. The van der Waals surface area contributed by atoms with Crippen LogP contribution in [0.3, 0.4) is 0 Å². The second kappa shape index (κ2) is 13.7. The molecule has 1 aromatic heterocycles. The number of nitrogens with one attached hydrogen (secondary N) is 2. The Morgan fingerprint density at radius 2 is 0.977 bits per heavy atom. The van der Waals surface area contributed by atoms with Crippen LogP contribution >= 0.6 is 0 Å². The highest BCUT2D eigenvalue weighted by Gasteiger charge is 2.20. The summed E-state index contributed by atoms with van der Waals surface area (Å²) in [5, 5.41) is 5.54. The van der Waals surface area contributed by atoms with Gasteiger partial charge in [0, 0.05) is 35.6 Å². The van der Waals surface area contributed by atoms with Crippen LogP contribution in [0.5, 0.6) is 23.5 Å². The van der Waals surface area contributed by atoms with Gasteiger partial charge in [-0.2, -0.15) is 9.97 Å². The zero-order chi connectivity index (χ0) is 30.0. The lowest BCUT2D eigenvalue weighted by atomic mass is 10.2. The Morgan fingerprint density at radius 3 is 1.35 bits per heavy atom. The van der Waals surface area contributed by atoms with Crippen LogP contribution in [0.1, 0.15) is 34.6 Å². The third-order valence-corrected chi connectivity index (χ3v) is 6.14. The highest BCUT2D eigenvalue weighted by Crippen LogP contribution is 2.34. The third kappa shape index (κ3) is 7.31. The molecule has 10 heteroatoms. The van der Waals surface area contributed by atoms with E-state index in [0.717, 1.165) is 11.4 Å². The highest BCUT2D eigenvalue weighted by molar-refractivity contribution is 5.94. The maximum atomic E-state index is 12.2. The molecule has 0 spiro atoms. The Hall–Kier alpha value is -5.77. The number of ether oxygens (including phenoxy) is 2. The molecule has 0 unspecified atom stereocenters. The summed E-state index contributed by atoms with van der Waals surface area (Å²) in [5.41, 5.74) is 2.64. The van der Waals surface area contributed by atoms with Crippen molar-refractivity contribution in [2.75, 3.05) is 18.0 Å². The summed E-state index contributed by atoms with van der Waals surface area (Å²) in [7, 11) is 0. The standard InChI is InChI=1S/C33H30N6O4/c1-3-34-29(40)23-15-19-27(20-16-23)42-32-36-31(39(25-11-7-5-8-12-25)26-13-9-6-10-14-26)37-33(38-32)43-28-21-17-24(18-22-28)30(41)35-4-2/h5-22H,3-4H2,1-2H3,(H,34,40)(H,35,41). The number of hydrogen-bond donors (Lipinski definition) is 2. The van der Waals surface area contributed by atoms with Gasteiger partial charge < -0.3 is 20.1 Å². The summed E-state index contributed by atoms with van der Waals surface area (Å²) in [5.74, 6) is 0.760. The van der Waals surface area contributed by atoms with E-state index in [4.69, 9.17) is 9.47 Å². The molecule has 4 aromatic carbocycles. The fraction of sp³-hybridized carbons (Fsp3) is 0.121. The molecule has 0 atom stereocenters. The topological polar surface area (TPSA) is 119 Å². The molecular formula is C33H30N6O4. The fourth-order valence-corrected chi connectivity index (χ4v) is 4.14. The Morgan fingerprint density at radius 1 is 0.581 bits per heavy atom. The average molecular weight is 575 g/mol. The molecule has 10 nitrogen and oxygen atoms in total. The quantitative estimate of drug-likeness (QED) is 0.185. The first-order valence-corrected chi connectivity index (χ1v) is 13.8. The normalized spacial score (nSPS) is 10.5. The Kier molecular flexibility index (Phi) is 9.18. The number of amides is 2. The van der Waals surface area contributed by atoms with Gasteiger partial charge in [-0.3, -0.25) is 14.5 Å². The molecule has 0 saturated heterocycles. The van der Waals surface area contributed by atoms with Crippen LogP contribution in [0.2, 0.25) is 0 Å². The van der Waals surface area contributed by atoms with E-state index in [0.29, 0.717) is 35.7 Å². The van der Waals surface area contributed by atoms with Crippen molar-refractivity contribution in [1.82, 2.24) is 25.6 Å². The maximum Gasteiger partial charge on any atom is 0.330 e. The van der Waals surface area contributed by atoms with E-state index in [1.165, 1.54) is 0 Å². The lowest BCUT2D eigenvalue weighted by molar-refractivity contribution is 0.0947. The van der Waals surface area contributed by atoms with Crippen LogP contribution in [0.15, 0.2) is 109 Å². The fourth-order valence-electron chi connectivity index (χ4n) is 4.14. The molecule has 216 valence electrons. The van der Waals surface area contributed by atoms with Gasteiger partial charge in [-0.15, -0.1) is 4.98 Å². The molecular weight excluding hydrogens is 544 g/mol. The van der Waals surface area contributed by atoms with Crippen molar-refractivity contribution in [3.8, 4) is 23.5 Å². The van der Waals surface area contributed by atoms with Crippen LogP contribution in [0.25, 0.3) is 0 Å². The maximum absolute atomic E-state index is 12.2. The van der Waals surface area contributed by atoms with Gasteiger partial charge in [0.1, 0.15) is 11.5 Å². The lowest BCUT2D eigenvalue weighted by Gasteiger charge is -2.23. The van der Waals surface area contributed by atoms with Gasteiger partial charge >= 0.3 is 12.0 Å². The number of carbonyl (C=O) groups is 2. The van der Waals surface area contributed by atoms with Crippen molar-refractivity contribution in [2.24, 2.45) is 0 Å². The van der Waals surface area contributed by atoms with Gasteiger partial charge in [0.15, 0.2) is 0 Å². The predicted octanol–water partition coefficient (Wildman–Crippen LogP) is 6.43. The number of hydrogen-bond acceptors (Lipinski definition) is 8. The van der Waals surface area contributed by atoms with Gasteiger partial charge in [-0.1, -0.05) is 36.4 Å². The molecule has 1 heterocycles. The molecule has 0 aliphatic carbocycles. The minimum absolute atomic E-state index is 0.0124. The number of para-hydroxylation sites is 2. The van der Waals surface area contributed by atoms with Gasteiger partial charge in [0.05, 0.1) is 0 Å². The Bertz CT molecular complexity index is 1540. The SMILES string of the molecule is CCNC(=O)c1ccc(Oc2nc(Oc3ccc(C(=O)NCC)cc3)nc(N(c3ccccc3)c3ccccc3)n2)cc1. The van der Waals surface area contributed by atoms with E-state index in [2.05, 4.69) is 25.6 Å². The molecule has 2 N–H and O–H groups in total. The summed E-state index contributed by atoms with van der Waals surface area (Å²) in [6.07, 6.45) is 0. The molecule has 0 bridgehead atoms. The van der Waals surface area contributed by atoms with Gasteiger partial charge in [0.2, 0.25) is 5.95 Å². The highest BCUT2D eigenvalue weighted by atomic mass is 16.5. The van der Waals surface area contributed by atoms with Crippen LogP contribution in [0.4, 0.5) is 17.3 Å². The average Bonchev–Trinajstić information content (AvgIpc) is 3.03. The molecule has 0 aliphatic heterocycles. The minimum Gasteiger partial charge on any atom is -0.424 e. The van der Waals surface area contributed by atoms with Gasteiger partial charge in [-0.05, 0) is 86.6 Å². The summed E-state index contributed by atoms with van der Waals surface area (Å²) in [4.78, 5) is 39.9. The zero-order valence-corrected chi connectivity index (χ0v) is 23.7. The number of carbonyl (C=O) groups excluding carboxylic acids is 2. The van der Waals surface area contributed by atoms with Crippen molar-refractivity contribution in [2.45, 2.75) is 13.8 Å². The van der Waals surface area contributed by atoms with E-state index in [-0.39, 0.29) is 29.8 Å². The first-order valence-electron chi connectivity index (χ1n) is 13.8. The molecule has 0 saturated carbocycles. The van der Waals surface area contributed by atoms with Gasteiger partial charge in [-0.25, -0.2) is 0 Å². The molecule has 0 radical (unpaired) electrons.